The van der Waals surface area contributed by atoms with Crippen LogP contribution in [-0.4, -0.2) is 80.5 Å². The van der Waals surface area contributed by atoms with Crippen molar-refractivity contribution < 1.29 is 29.3 Å². The van der Waals surface area contributed by atoms with Crippen LogP contribution in [0.15, 0.2) is 77.1 Å². The molecule has 8 bridgehead atoms. The summed E-state index contributed by atoms with van der Waals surface area (Å²) in [5.41, 5.74) is 17.1. The fraction of sp³-hybridized carbons (Fsp3) is 0.656. The van der Waals surface area contributed by atoms with E-state index in [0.29, 0.717) is 99.5 Å². The number of aliphatic hydroxyl groups excluding tert-OH is 1. The van der Waals surface area contributed by atoms with Crippen LogP contribution in [0.2, 0.25) is 0 Å². The van der Waals surface area contributed by atoms with Crippen molar-refractivity contribution in [3.05, 3.63) is 94.4 Å². The first-order valence-electron chi connectivity index (χ1n) is 29.0. The molecule has 2 aromatic rings. The average molecular weight is 1060 g/mol. The number of hydrogen-bond donors (Lipinski definition) is 6. The van der Waals surface area contributed by atoms with Crippen molar-refractivity contribution in [3.8, 4) is 11.5 Å². The van der Waals surface area contributed by atoms with Crippen LogP contribution in [-0.2, 0) is 33.7 Å². The number of phenols is 1. The molecule has 12 nitrogen and oxygen atoms in total. The van der Waals surface area contributed by atoms with Crippen LogP contribution in [0.4, 0.5) is 0 Å². The van der Waals surface area contributed by atoms with E-state index in [0.717, 1.165) is 93.1 Å². The maximum absolute atomic E-state index is 14.6. The van der Waals surface area contributed by atoms with E-state index in [1.807, 2.05) is 32.6 Å². The topological polar surface area (TPSA) is 185 Å². The number of guanidine groups is 1. The number of amides is 1. The van der Waals surface area contributed by atoms with Gasteiger partial charge in [-0.2, -0.15) is 0 Å². The van der Waals surface area contributed by atoms with Gasteiger partial charge in [0.05, 0.1) is 11.9 Å². The standard InChI is InChI=1S/C61H84N6O6S2/c1-41(68)72-59-26-17-45(50(69)36-59)13-7-12-43(16-15-42-10-3-2-4-11-42)39-74-75-61(25-9-23-58(61)21-5-6-22-58)66-56(63)65-31-29-57(35-44-20-30-64-51(62)32-44)37-52(70)67(40-57)38-48-33-46(18-27-59)53-47-19-28-60(73-55(53)54(48)71)24-8-14-49(60)34-47/h2-4,10-11,19-20,28,32-33,43,45,47,49-50,64,69,71H,5-9,12-18,21-27,29-31,34-40,62H2,1H3,(H3,63,65,66). The Morgan fingerprint density at radius 2 is 1.81 bits per heavy atom. The second kappa shape index (κ2) is 21.9. The number of allylic oxidation sites excluding steroid dienone is 3. The molecule has 6 aliphatic heterocycles. The van der Waals surface area contributed by atoms with E-state index in [1.165, 1.54) is 51.0 Å². The monoisotopic (exact) mass is 1060 g/mol. The highest BCUT2D eigenvalue weighted by atomic mass is 33.1. The van der Waals surface area contributed by atoms with Gasteiger partial charge in [0, 0.05) is 85.5 Å². The highest BCUT2D eigenvalue weighted by molar-refractivity contribution is 8.77. The SMILES string of the molecule is CC(=O)OC12CCc3cc(c(O)c4c3C3C=CC5(CCCC5C3)O4)CN3CC(CC4=CCNC(N)=C4)(CCN=C(N)NC4(CCCC45CCCC5)SSCC(CCc4ccccc4)CCCC(CC1)C(O)C2)CC3=O. The van der Waals surface area contributed by atoms with Crippen LogP contribution in [0.3, 0.4) is 0 Å². The third-order valence-corrected chi connectivity index (χ3v) is 23.3. The molecule has 13 rings (SSSR count). The molecule has 14 heteroatoms. The number of nitrogens with zero attached hydrogens (tertiary/aromatic N) is 2. The molecule has 6 heterocycles. The Bertz CT molecular complexity index is 2560. The summed E-state index contributed by atoms with van der Waals surface area (Å²) in [6.45, 7) is 3.34. The molecular formula is C61H84N6O6S2. The van der Waals surface area contributed by atoms with Crippen molar-refractivity contribution in [3.63, 3.8) is 0 Å². The molecule has 4 saturated carbocycles. The smallest absolute Gasteiger partial charge is 0.303 e. The predicted octanol–water partition coefficient (Wildman–Crippen LogP) is 10.8. The van der Waals surface area contributed by atoms with E-state index < -0.39 is 22.7 Å². The molecule has 5 aliphatic carbocycles. The highest BCUT2D eigenvalue weighted by Crippen LogP contribution is 2.63. The van der Waals surface area contributed by atoms with Gasteiger partial charge < -0.3 is 46.7 Å². The number of dihydropyridines is 1. The summed E-state index contributed by atoms with van der Waals surface area (Å²) in [7, 11) is 4.05. The van der Waals surface area contributed by atoms with Crippen LogP contribution in [0, 0.1) is 28.6 Å². The highest BCUT2D eigenvalue weighted by Gasteiger charge is 2.57. The van der Waals surface area contributed by atoms with Gasteiger partial charge in [-0.3, -0.25) is 14.6 Å². The number of carbonyl (C=O) groups is 2. The zero-order valence-corrected chi connectivity index (χ0v) is 46.2. The summed E-state index contributed by atoms with van der Waals surface area (Å²) < 4.78 is 13.5. The number of benzene rings is 2. The van der Waals surface area contributed by atoms with E-state index >= 15 is 0 Å². The lowest BCUT2D eigenvalue weighted by molar-refractivity contribution is -0.168. The van der Waals surface area contributed by atoms with E-state index in [4.69, 9.17) is 25.9 Å². The number of phenolic OH excluding ortho intramolecular Hbond substituents is 1. The second-order valence-corrected chi connectivity index (χ2v) is 27.5. The Labute approximate surface area is 453 Å². The number of nitrogens with one attached hydrogen (secondary N) is 2. The zero-order chi connectivity index (χ0) is 51.8. The Morgan fingerprint density at radius 1 is 0.973 bits per heavy atom. The summed E-state index contributed by atoms with van der Waals surface area (Å²) in [5, 5.41) is 31.8. The van der Waals surface area contributed by atoms with Gasteiger partial charge in [0.2, 0.25) is 5.91 Å². The van der Waals surface area contributed by atoms with E-state index in [-0.39, 0.29) is 46.3 Å². The average Bonchev–Trinajstić information content (AvgIpc) is 4.15. The first kappa shape index (κ1) is 52.8. The van der Waals surface area contributed by atoms with E-state index in [1.54, 1.807) is 0 Å². The minimum absolute atomic E-state index is 0.0464. The summed E-state index contributed by atoms with van der Waals surface area (Å²) in [6.07, 6.45) is 30.4. The molecule has 9 unspecified atom stereocenters. The molecule has 5 fully saturated rings. The van der Waals surface area contributed by atoms with Gasteiger partial charge in [-0.1, -0.05) is 83.3 Å². The Hall–Kier alpha value is -4.27. The molecule has 1 amide bonds. The molecular weight excluding hydrogens is 977 g/mol. The molecule has 2 aromatic carbocycles. The zero-order valence-electron chi connectivity index (χ0n) is 44.6. The number of aromatic hydroxyl groups is 1. The number of carbonyl (C=O) groups excluding carboxylic acids is 2. The number of nitrogens with two attached hydrogens (primary N) is 2. The second-order valence-electron chi connectivity index (χ2n) is 24.8. The Kier molecular flexibility index (Phi) is 15.4. The molecule has 11 aliphatic rings. The van der Waals surface area contributed by atoms with Gasteiger partial charge in [0.25, 0.3) is 0 Å². The number of aliphatic imine (C=N–C) groups is 1. The number of aryl methyl sites for hydroxylation is 2. The molecule has 75 heavy (non-hydrogen) atoms. The fourth-order valence-electron chi connectivity index (χ4n) is 16.1. The number of fused-ring (bicyclic) bond motifs is 12. The van der Waals surface area contributed by atoms with Gasteiger partial charge in [-0.15, -0.1) is 0 Å². The molecule has 0 aromatic heterocycles. The number of ether oxygens (including phenoxy) is 2. The van der Waals surface area contributed by atoms with Crippen LogP contribution in [0.25, 0.3) is 0 Å². The van der Waals surface area contributed by atoms with Crippen LogP contribution < -0.4 is 26.8 Å². The van der Waals surface area contributed by atoms with Gasteiger partial charge >= 0.3 is 5.97 Å². The first-order chi connectivity index (χ1) is 36.3. The maximum Gasteiger partial charge on any atom is 0.303 e. The third kappa shape index (κ3) is 11.0. The fourth-order valence-corrected chi connectivity index (χ4v) is 20.0. The summed E-state index contributed by atoms with van der Waals surface area (Å²) in [4.78, 5) is 34.5. The lowest BCUT2D eigenvalue weighted by Crippen LogP contribution is -2.55. The van der Waals surface area contributed by atoms with Crippen LogP contribution in [0.5, 0.6) is 11.5 Å². The van der Waals surface area contributed by atoms with Gasteiger partial charge in [-0.05, 0) is 169 Å². The number of rotatable bonds is 6. The van der Waals surface area contributed by atoms with Crippen molar-refractivity contribution in [2.45, 2.75) is 196 Å². The van der Waals surface area contributed by atoms with Crippen molar-refractivity contribution in [2.24, 2.45) is 45.0 Å². The molecule has 406 valence electrons. The largest absolute Gasteiger partial charge is 0.504 e. The molecule has 0 radical (unpaired) electrons. The van der Waals surface area contributed by atoms with Gasteiger partial charge in [-0.25, -0.2) is 0 Å². The third-order valence-electron chi connectivity index (χ3n) is 20.0. The first-order valence-corrected chi connectivity index (χ1v) is 31.3. The van der Waals surface area contributed by atoms with Crippen molar-refractivity contribution in [1.82, 2.24) is 15.5 Å². The molecule has 9 atom stereocenters. The number of aliphatic hydroxyl groups is 1. The molecule has 1 saturated heterocycles. The number of esters is 1. The minimum atomic E-state index is -0.822. The van der Waals surface area contributed by atoms with Gasteiger partial charge in [0.1, 0.15) is 16.1 Å². The lowest BCUT2D eigenvalue weighted by Gasteiger charge is -2.44. The minimum Gasteiger partial charge on any atom is -0.504 e. The summed E-state index contributed by atoms with van der Waals surface area (Å²) >= 11 is 0. The molecule has 8 N–H and O–H groups in total. The lowest BCUT2D eigenvalue weighted by atomic mass is 9.71. The van der Waals surface area contributed by atoms with E-state index in [9.17, 15) is 19.8 Å². The van der Waals surface area contributed by atoms with E-state index in [2.05, 4.69) is 65.3 Å². The Morgan fingerprint density at radius 3 is 2.63 bits per heavy atom. The quantitative estimate of drug-likeness (QED) is 0.0916. The van der Waals surface area contributed by atoms with Crippen molar-refractivity contribution in [1.29, 1.82) is 0 Å². The van der Waals surface area contributed by atoms with Crippen molar-refractivity contribution in [2.75, 3.05) is 25.4 Å². The van der Waals surface area contributed by atoms with Gasteiger partial charge in [0.15, 0.2) is 17.5 Å². The van der Waals surface area contributed by atoms with Crippen LogP contribution >= 0.6 is 21.6 Å². The summed E-state index contributed by atoms with van der Waals surface area (Å²) in [6, 6.07) is 13.0. The van der Waals surface area contributed by atoms with Crippen molar-refractivity contribution >= 4 is 39.4 Å². The number of hydrogen-bond acceptors (Lipinski definition) is 13. The van der Waals surface area contributed by atoms with Crippen LogP contribution in [0.1, 0.15) is 176 Å². The normalized spacial score (nSPS) is 34.9. The predicted molar refractivity (Wildman–Crippen MR) is 301 cm³/mol. The molecule has 3 spiro atoms. The Balaban J connectivity index is 0.938. The summed E-state index contributed by atoms with van der Waals surface area (Å²) in [5.74, 6) is 3.63. The maximum atomic E-state index is 14.6.